The number of hydrogen-bond acceptors (Lipinski definition) is 5. The average molecular weight is 451 g/mol. The molecular formula is C25H27FN4O3. The standard InChI is InChI=1S/C25H27FN4O3/c1-15-3-2-8-27-21(15)14-29-9-6-16(7-10-29)18-11-17(26)12-19-20(18)13-30(25(19)33)22-4-5-23(31)28-24(22)32/h2-3,8,11-12,16,22H,4-7,9-10,13-14H2,1H3,(H,28,31,32). The molecule has 1 aromatic carbocycles. The molecule has 0 saturated carbocycles. The predicted octanol–water partition coefficient (Wildman–Crippen LogP) is 2.67. The number of fused-ring (bicyclic) bond motifs is 1. The number of pyridine rings is 1. The summed E-state index contributed by atoms with van der Waals surface area (Å²) in [7, 11) is 0. The second-order valence-electron chi connectivity index (χ2n) is 9.24. The fraction of sp³-hybridized carbons (Fsp3) is 0.440. The average Bonchev–Trinajstić information content (AvgIpc) is 3.11. The normalized spacial score (nSPS) is 21.9. The third-order valence-electron chi connectivity index (χ3n) is 7.17. The molecule has 1 atom stereocenters. The molecule has 3 aliphatic heterocycles. The molecule has 172 valence electrons. The molecule has 0 bridgehead atoms. The van der Waals surface area contributed by atoms with Gasteiger partial charge in [0.15, 0.2) is 0 Å². The van der Waals surface area contributed by atoms with Crippen LogP contribution in [0.15, 0.2) is 30.5 Å². The fourth-order valence-corrected chi connectivity index (χ4v) is 5.32. The Morgan fingerprint density at radius 2 is 1.94 bits per heavy atom. The number of likely N-dealkylation sites (tertiary alicyclic amines) is 1. The number of imide groups is 1. The van der Waals surface area contributed by atoms with Gasteiger partial charge in [0, 0.05) is 31.3 Å². The summed E-state index contributed by atoms with van der Waals surface area (Å²) in [5, 5.41) is 2.32. The SMILES string of the molecule is Cc1cccnc1CN1CCC(c2cc(F)cc3c2CN(C2CCC(=O)NC2=O)C3=O)CC1. The fourth-order valence-electron chi connectivity index (χ4n) is 5.32. The molecule has 5 rings (SSSR count). The number of aromatic nitrogens is 1. The van der Waals surface area contributed by atoms with Gasteiger partial charge in [-0.2, -0.15) is 0 Å². The third-order valence-corrected chi connectivity index (χ3v) is 7.17. The molecule has 1 unspecified atom stereocenters. The molecule has 7 nitrogen and oxygen atoms in total. The van der Waals surface area contributed by atoms with Crippen LogP contribution < -0.4 is 5.32 Å². The van der Waals surface area contributed by atoms with Crippen LogP contribution in [0.25, 0.3) is 0 Å². The Balaban J connectivity index is 1.32. The maximum absolute atomic E-state index is 14.5. The molecule has 3 aliphatic rings. The van der Waals surface area contributed by atoms with Crippen molar-refractivity contribution in [3.8, 4) is 0 Å². The summed E-state index contributed by atoms with van der Waals surface area (Å²) in [5.74, 6) is -1.37. The first-order valence-electron chi connectivity index (χ1n) is 11.5. The number of carbonyl (C=O) groups excluding carboxylic acids is 3. The first-order valence-corrected chi connectivity index (χ1v) is 11.5. The third kappa shape index (κ3) is 4.15. The highest BCUT2D eigenvalue weighted by Gasteiger charge is 2.41. The molecule has 0 radical (unpaired) electrons. The molecular weight excluding hydrogens is 423 g/mol. The van der Waals surface area contributed by atoms with E-state index in [0.29, 0.717) is 12.0 Å². The summed E-state index contributed by atoms with van der Waals surface area (Å²) >= 11 is 0. The monoisotopic (exact) mass is 450 g/mol. The highest BCUT2D eigenvalue weighted by atomic mass is 19.1. The van der Waals surface area contributed by atoms with Gasteiger partial charge in [-0.1, -0.05) is 6.07 Å². The van der Waals surface area contributed by atoms with Crippen molar-refractivity contribution < 1.29 is 18.8 Å². The highest BCUT2D eigenvalue weighted by molar-refractivity contribution is 6.05. The number of halogens is 1. The number of carbonyl (C=O) groups is 3. The van der Waals surface area contributed by atoms with E-state index in [-0.39, 0.29) is 30.7 Å². The molecule has 3 amide bonds. The minimum atomic E-state index is -0.693. The van der Waals surface area contributed by atoms with Crippen LogP contribution in [0.4, 0.5) is 4.39 Å². The van der Waals surface area contributed by atoms with E-state index in [1.165, 1.54) is 16.5 Å². The maximum Gasteiger partial charge on any atom is 0.255 e. The van der Waals surface area contributed by atoms with Gasteiger partial charge in [0.05, 0.1) is 5.69 Å². The zero-order chi connectivity index (χ0) is 23.1. The molecule has 2 fully saturated rings. The van der Waals surface area contributed by atoms with Crippen molar-refractivity contribution in [3.05, 3.63) is 64.2 Å². The van der Waals surface area contributed by atoms with E-state index < -0.39 is 17.8 Å². The minimum absolute atomic E-state index is 0.157. The van der Waals surface area contributed by atoms with E-state index in [4.69, 9.17) is 0 Å². The topological polar surface area (TPSA) is 82.6 Å². The summed E-state index contributed by atoms with van der Waals surface area (Å²) in [6.07, 6.45) is 4.05. The van der Waals surface area contributed by atoms with Crippen molar-refractivity contribution in [2.45, 2.75) is 57.7 Å². The van der Waals surface area contributed by atoms with Gasteiger partial charge in [-0.25, -0.2) is 4.39 Å². The molecule has 33 heavy (non-hydrogen) atoms. The number of piperidine rings is 2. The lowest BCUT2D eigenvalue weighted by Crippen LogP contribution is -2.52. The number of hydrogen-bond donors (Lipinski definition) is 1. The quantitative estimate of drug-likeness (QED) is 0.725. The van der Waals surface area contributed by atoms with Gasteiger partial charge in [-0.3, -0.25) is 29.6 Å². The minimum Gasteiger partial charge on any atom is -0.322 e. The van der Waals surface area contributed by atoms with Crippen LogP contribution in [0, 0.1) is 12.7 Å². The predicted molar refractivity (Wildman–Crippen MR) is 119 cm³/mol. The van der Waals surface area contributed by atoms with Gasteiger partial charge in [0.25, 0.3) is 5.91 Å². The van der Waals surface area contributed by atoms with Gasteiger partial charge in [-0.15, -0.1) is 0 Å². The van der Waals surface area contributed by atoms with Crippen LogP contribution in [-0.4, -0.2) is 51.6 Å². The zero-order valence-electron chi connectivity index (χ0n) is 18.6. The number of benzene rings is 1. The van der Waals surface area contributed by atoms with Crippen LogP contribution in [0.1, 0.15) is 64.3 Å². The van der Waals surface area contributed by atoms with Crippen molar-refractivity contribution in [2.75, 3.05) is 13.1 Å². The van der Waals surface area contributed by atoms with Crippen molar-refractivity contribution in [2.24, 2.45) is 0 Å². The lowest BCUT2D eigenvalue weighted by Gasteiger charge is -2.33. The summed E-state index contributed by atoms with van der Waals surface area (Å²) in [5.41, 5.74) is 4.30. The van der Waals surface area contributed by atoms with Crippen molar-refractivity contribution in [3.63, 3.8) is 0 Å². The van der Waals surface area contributed by atoms with E-state index in [1.807, 2.05) is 12.3 Å². The Hall–Kier alpha value is -3.13. The number of nitrogens with zero attached hydrogens (tertiary/aromatic N) is 3. The number of amides is 3. The molecule has 8 heteroatoms. The Labute approximate surface area is 192 Å². The van der Waals surface area contributed by atoms with Crippen molar-refractivity contribution in [1.29, 1.82) is 0 Å². The van der Waals surface area contributed by atoms with E-state index in [0.717, 1.165) is 49.3 Å². The Bertz CT molecular complexity index is 1130. The number of aryl methyl sites for hydroxylation is 1. The summed E-state index contributed by atoms with van der Waals surface area (Å²) in [6.45, 7) is 4.88. The highest BCUT2D eigenvalue weighted by Crippen LogP contribution is 2.38. The van der Waals surface area contributed by atoms with Crippen LogP contribution in [0.3, 0.4) is 0 Å². The second kappa shape index (κ2) is 8.67. The Kier molecular flexibility index (Phi) is 5.70. The van der Waals surface area contributed by atoms with Crippen LogP contribution in [0.5, 0.6) is 0 Å². The largest absolute Gasteiger partial charge is 0.322 e. The molecule has 1 aromatic heterocycles. The van der Waals surface area contributed by atoms with Crippen molar-refractivity contribution >= 4 is 17.7 Å². The van der Waals surface area contributed by atoms with Gasteiger partial charge < -0.3 is 4.90 Å². The molecule has 0 aliphatic carbocycles. The van der Waals surface area contributed by atoms with Crippen LogP contribution in [-0.2, 0) is 22.7 Å². The molecule has 1 N–H and O–H groups in total. The van der Waals surface area contributed by atoms with Gasteiger partial charge in [0.2, 0.25) is 11.8 Å². The second-order valence-corrected chi connectivity index (χ2v) is 9.24. The smallest absolute Gasteiger partial charge is 0.255 e. The molecule has 2 aromatic rings. The first-order chi connectivity index (χ1) is 15.9. The Morgan fingerprint density at radius 3 is 2.67 bits per heavy atom. The zero-order valence-corrected chi connectivity index (χ0v) is 18.6. The maximum atomic E-state index is 14.5. The lowest BCUT2D eigenvalue weighted by molar-refractivity contribution is -0.136. The summed E-state index contributed by atoms with van der Waals surface area (Å²) in [6, 6.07) is 6.16. The lowest BCUT2D eigenvalue weighted by atomic mass is 9.85. The van der Waals surface area contributed by atoms with E-state index >= 15 is 0 Å². The first kappa shape index (κ1) is 21.7. The van der Waals surface area contributed by atoms with E-state index in [1.54, 1.807) is 6.07 Å². The molecule has 2 saturated heterocycles. The summed E-state index contributed by atoms with van der Waals surface area (Å²) < 4.78 is 14.5. The van der Waals surface area contributed by atoms with Gasteiger partial charge in [-0.05, 0) is 80.1 Å². The van der Waals surface area contributed by atoms with Crippen LogP contribution in [0.2, 0.25) is 0 Å². The number of rotatable bonds is 4. The molecule has 4 heterocycles. The van der Waals surface area contributed by atoms with Crippen molar-refractivity contribution in [1.82, 2.24) is 20.1 Å². The van der Waals surface area contributed by atoms with Gasteiger partial charge in [0.1, 0.15) is 11.9 Å². The number of nitrogens with one attached hydrogen (secondary N) is 1. The van der Waals surface area contributed by atoms with E-state index in [2.05, 4.69) is 28.2 Å². The molecule has 0 spiro atoms. The van der Waals surface area contributed by atoms with Gasteiger partial charge >= 0.3 is 0 Å². The summed E-state index contributed by atoms with van der Waals surface area (Å²) in [4.78, 5) is 45.3. The van der Waals surface area contributed by atoms with E-state index in [9.17, 15) is 18.8 Å². The van der Waals surface area contributed by atoms with Crippen LogP contribution >= 0.6 is 0 Å². The Morgan fingerprint density at radius 1 is 1.15 bits per heavy atom.